The number of likely N-dealkylation sites (N-methyl/N-ethyl adjacent to an activating group) is 1. The summed E-state index contributed by atoms with van der Waals surface area (Å²) in [4.78, 5) is 30.1. The highest BCUT2D eigenvalue weighted by Gasteiger charge is 2.33. The maximum atomic E-state index is 12.3. The van der Waals surface area contributed by atoms with E-state index in [4.69, 9.17) is 0 Å². The molecule has 1 fully saturated rings. The summed E-state index contributed by atoms with van der Waals surface area (Å²) >= 11 is 0. The first kappa shape index (κ1) is 12.8. The molecule has 2 rings (SSSR count). The maximum Gasteiger partial charge on any atom is 0.270 e. The van der Waals surface area contributed by atoms with E-state index in [2.05, 4.69) is 30.8 Å². The molecular formula is C13H19N3O2. The van der Waals surface area contributed by atoms with Gasteiger partial charge in [0.05, 0.1) is 0 Å². The van der Waals surface area contributed by atoms with Gasteiger partial charge in [-0.25, -0.2) is 0 Å². The lowest BCUT2D eigenvalue weighted by molar-refractivity contribution is 0.0307. The van der Waals surface area contributed by atoms with Gasteiger partial charge in [0, 0.05) is 31.2 Å². The zero-order chi connectivity index (χ0) is 13.3. The van der Waals surface area contributed by atoms with Gasteiger partial charge in [0.15, 0.2) is 0 Å². The average molecular weight is 249 g/mol. The van der Waals surface area contributed by atoms with E-state index in [1.165, 1.54) is 6.07 Å². The fraction of sp³-hybridized carbons (Fsp3) is 0.538. The lowest BCUT2D eigenvalue weighted by Crippen LogP contribution is -2.59. The van der Waals surface area contributed by atoms with Gasteiger partial charge in [0.25, 0.3) is 5.91 Å². The van der Waals surface area contributed by atoms with Crippen LogP contribution >= 0.6 is 0 Å². The van der Waals surface area contributed by atoms with E-state index in [9.17, 15) is 9.59 Å². The number of hydrogen-bond donors (Lipinski definition) is 1. The highest BCUT2D eigenvalue weighted by molar-refractivity contribution is 5.92. The fourth-order valence-electron chi connectivity index (χ4n) is 2.16. The van der Waals surface area contributed by atoms with Gasteiger partial charge in [-0.05, 0) is 27.0 Å². The van der Waals surface area contributed by atoms with Crippen molar-refractivity contribution in [3.05, 3.63) is 34.2 Å². The summed E-state index contributed by atoms with van der Waals surface area (Å²) in [5.74, 6) is -0.103. The number of carbonyl (C=O) groups excluding carboxylic acids is 1. The number of H-pyrrole nitrogens is 1. The Morgan fingerprint density at radius 3 is 2.67 bits per heavy atom. The van der Waals surface area contributed by atoms with E-state index < -0.39 is 0 Å². The number of aromatic nitrogens is 1. The molecule has 0 bridgehead atoms. The third-order valence-electron chi connectivity index (χ3n) is 3.60. The lowest BCUT2D eigenvalue weighted by Gasteiger charge is -2.45. The van der Waals surface area contributed by atoms with Gasteiger partial charge in [0.1, 0.15) is 5.69 Å². The molecule has 98 valence electrons. The normalized spacial score (nSPS) is 19.8. The molecule has 1 N–H and O–H groups in total. The van der Waals surface area contributed by atoms with E-state index in [1.807, 2.05) is 0 Å². The Bertz CT molecular complexity index is 507. The Labute approximate surface area is 106 Å². The molecule has 1 aliphatic heterocycles. The minimum Gasteiger partial charge on any atom is -0.334 e. The Morgan fingerprint density at radius 1 is 1.33 bits per heavy atom. The van der Waals surface area contributed by atoms with Crippen LogP contribution in [0.1, 0.15) is 24.3 Å². The van der Waals surface area contributed by atoms with Gasteiger partial charge >= 0.3 is 0 Å². The molecule has 1 saturated heterocycles. The zero-order valence-electron chi connectivity index (χ0n) is 11.1. The molecule has 0 spiro atoms. The standard InChI is InChI=1S/C13H19N3O2/c1-13(2)9-16(8-7-15(13)3)12(18)10-5-4-6-11(17)14-10/h4-6H,7-9H2,1-3H3,(H,14,17). The predicted molar refractivity (Wildman–Crippen MR) is 69.7 cm³/mol. The molecule has 0 saturated carbocycles. The monoisotopic (exact) mass is 249 g/mol. The minimum atomic E-state index is -0.241. The summed E-state index contributed by atoms with van der Waals surface area (Å²) in [6, 6.07) is 4.66. The van der Waals surface area contributed by atoms with Gasteiger partial charge in [-0.3, -0.25) is 14.5 Å². The number of nitrogens with one attached hydrogen (secondary N) is 1. The molecule has 0 aliphatic carbocycles. The first-order valence-corrected chi connectivity index (χ1v) is 6.10. The number of aromatic amines is 1. The fourth-order valence-corrected chi connectivity index (χ4v) is 2.16. The van der Waals surface area contributed by atoms with Gasteiger partial charge in [-0.1, -0.05) is 6.07 Å². The van der Waals surface area contributed by atoms with Crippen LogP contribution in [0, 0.1) is 0 Å². The van der Waals surface area contributed by atoms with E-state index >= 15 is 0 Å². The largest absolute Gasteiger partial charge is 0.334 e. The Hall–Kier alpha value is -1.62. The van der Waals surface area contributed by atoms with Crippen LogP contribution in [-0.2, 0) is 0 Å². The number of hydrogen-bond acceptors (Lipinski definition) is 3. The first-order valence-electron chi connectivity index (χ1n) is 6.10. The van der Waals surface area contributed by atoms with Crippen LogP contribution in [0.4, 0.5) is 0 Å². The average Bonchev–Trinajstić information content (AvgIpc) is 2.31. The Kier molecular flexibility index (Phi) is 3.26. The van der Waals surface area contributed by atoms with Gasteiger partial charge < -0.3 is 9.88 Å². The van der Waals surface area contributed by atoms with Crippen molar-refractivity contribution >= 4 is 5.91 Å². The molecule has 0 radical (unpaired) electrons. The van der Waals surface area contributed by atoms with E-state index in [0.29, 0.717) is 18.8 Å². The lowest BCUT2D eigenvalue weighted by atomic mass is 9.99. The number of amides is 1. The van der Waals surface area contributed by atoms with Crippen LogP contribution in [0.5, 0.6) is 0 Å². The predicted octanol–water partition coefficient (Wildman–Crippen LogP) is 0.541. The number of pyridine rings is 1. The quantitative estimate of drug-likeness (QED) is 0.790. The van der Waals surface area contributed by atoms with Crippen LogP contribution in [0.15, 0.2) is 23.0 Å². The van der Waals surface area contributed by atoms with Gasteiger partial charge in [-0.2, -0.15) is 0 Å². The van der Waals surface area contributed by atoms with E-state index in [-0.39, 0.29) is 17.0 Å². The second-order valence-corrected chi connectivity index (χ2v) is 5.39. The SMILES string of the molecule is CN1CCN(C(=O)c2cccc(=O)[nH]2)CC1(C)C. The second kappa shape index (κ2) is 4.57. The molecule has 5 nitrogen and oxygen atoms in total. The highest BCUT2D eigenvalue weighted by Crippen LogP contribution is 2.19. The molecule has 1 amide bonds. The summed E-state index contributed by atoms with van der Waals surface area (Å²) < 4.78 is 0. The van der Waals surface area contributed by atoms with E-state index in [1.54, 1.807) is 17.0 Å². The molecule has 2 heterocycles. The summed E-state index contributed by atoms with van der Waals surface area (Å²) in [7, 11) is 2.06. The summed E-state index contributed by atoms with van der Waals surface area (Å²) in [6.45, 7) is 6.42. The topological polar surface area (TPSA) is 56.4 Å². The maximum absolute atomic E-state index is 12.3. The van der Waals surface area contributed by atoms with Gasteiger partial charge in [-0.15, -0.1) is 0 Å². The summed E-state index contributed by atoms with van der Waals surface area (Å²) in [5.41, 5.74) is 0.0836. The van der Waals surface area contributed by atoms with Gasteiger partial charge in [0.2, 0.25) is 5.56 Å². The Morgan fingerprint density at radius 2 is 2.06 bits per heavy atom. The van der Waals surface area contributed by atoms with Crippen molar-refractivity contribution in [3.8, 4) is 0 Å². The van der Waals surface area contributed by atoms with Crippen molar-refractivity contribution in [1.29, 1.82) is 0 Å². The summed E-state index contributed by atoms with van der Waals surface area (Å²) in [5, 5.41) is 0. The highest BCUT2D eigenvalue weighted by atomic mass is 16.2. The third kappa shape index (κ3) is 2.46. The van der Waals surface area contributed by atoms with Crippen LogP contribution in [0.2, 0.25) is 0 Å². The zero-order valence-corrected chi connectivity index (χ0v) is 11.1. The summed E-state index contributed by atoms with van der Waals surface area (Å²) in [6.07, 6.45) is 0. The number of carbonyl (C=O) groups is 1. The molecule has 0 aromatic carbocycles. The van der Waals surface area contributed by atoms with Crippen molar-refractivity contribution in [2.75, 3.05) is 26.7 Å². The van der Waals surface area contributed by atoms with E-state index in [0.717, 1.165) is 6.54 Å². The smallest absolute Gasteiger partial charge is 0.270 e. The minimum absolute atomic E-state index is 0.0387. The van der Waals surface area contributed by atoms with Crippen molar-refractivity contribution in [3.63, 3.8) is 0 Å². The first-order chi connectivity index (χ1) is 8.40. The Balaban J connectivity index is 2.18. The molecule has 18 heavy (non-hydrogen) atoms. The molecule has 5 heteroatoms. The van der Waals surface area contributed by atoms with Crippen LogP contribution < -0.4 is 5.56 Å². The third-order valence-corrected chi connectivity index (χ3v) is 3.60. The molecule has 1 aromatic rings. The number of nitrogens with zero attached hydrogens (tertiary/aromatic N) is 2. The second-order valence-electron chi connectivity index (χ2n) is 5.39. The van der Waals surface area contributed by atoms with Crippen LogP contribution in [0.3, 0.4) is 0 Å². The van der Waals surface area contributed by atoms with Crippen molar-refractivity contribution < 1.29 is 4.79 Å². The number of rotatable bonds is 1. The molecule has 1 aliphatic rings. The van der Waals surface area contributed by atoms with Crippen LogP contribution in [0.25, 0.3) is 0 Å². The van der Waals surface area contributed by atoms with Crippen LogP contribution in [-0.4, -0.2) is 52.9 Å². The van der Waals surface area contributed by atoms with Crippen molar-refractivity contribution in [1.82, 2.24) is 14.8 Å². The molecule has 1 aromatic heterocycles. The molecular weight excluding hydrogens is 230 g/mol. The molecule has 0 atom stereocenters. The molecule has 0 unspecified atom stereocenters. The van der Waals surface area contributed by atoms with Crippen molar-refractivity contribution in [2.24, 2.45) is 0 Å². The number of piperazine rings is 1. The van der Waals surface area contributed by atoms with Crippen molar-refractivity contribution in [2.45, 2.75) is 19.4 Å².